The van der Waals surface area contributed by atoms with Gasteiger partial charge in [0.1, 0.15) is 6.61 Å². The van der Waals surface area contributed by atoms with Crippen molar-refractivity contribution in [3.8, 4) is 11.5 Å². The molecule has 1 aliphatic rings. The maximum absolute atomic E-state index is 11.7. The molecule has 0 radical (unpaired) electrons. The van der Waals surface area contributed by atoms with E-state index in [-0.39, 0.29) is 5.24 Å². The van der Waals surface area contributed by atoms with E-state index in [9.17, 15) is 9.59 Å². The second kappa shape index (κ2) is 8.29. The average Bonchev–Trinajstić information content (AvgIpc) is 2.93. The summed E-state index contributed by atoms with van der Waals surface area (Å²) >= 11 is 7.03. The molecule has 0 unspecified atom stereocenters. The summed E-state index contributed by atoms with van der Waals surface area (Å²) in [5, 5.41) is 2.50. The Kier molecular flexibility index (Phi) is 5.85. The van der Waals surface area contributed by atoms with E-state index < -0.39 is 5.91 Å². The summed E-state index contributed by atoms with van der Waals surface area (Å²) in [6.45, 7) is 2.66. The van der Waals surface area contributed by atoms with Crippen molar-refractivity contribution in [1.82, 2.24) is 5.32 Å². The third kappa shape index (κ3) is 4.39. The van der Waals surface area contributed by atoms with Gasteiger partial charge in [-0.25, -0.2) is 0 Å². The van der Waals surface area contributed by atoms with Crippen LogP contribution in [-0.2, 0) is 11.4 Å². The Morgan fingerprint density at radius 1 is 1.12 bits per heavy atom. The van der Waals surface area contributed by atoms with Crippen LogP contribution in [0.3, 0.4) is 0 Å². The summed E-state index contributed by atoms with van der Waals surface area (Å²) in [5.74, 6) is 0.745. The number of nitrogens with one attached hydrogen (secondary N) is 1. The first-order chi connectivity index (χ1) is 12.6. The summed E-state index contributed by atoms with van der Waals surface area (Å²) in [6, 6.07) is 12.8. The lowest BCUT2D eigenvalue weighted by Crippen LogP contribution is -2.17. The van der Waals surface area contributed by atoms with Gasteiger partial charge in [-0.2, -0.15) is 0 Å². The van der Waals surface area contributed by atoms with Crippen LogP contribution in [0.2, 0.25) is 5.02 Å². The second-order valence-corrected chi connectivity index (χ2v) is 6.79. The molecule has 0 aliphatic carbocycles. The van der Waals surface area contributed by atoms with E-state index >= 15 is 0 Å². The van der Waals surface area contributed by atoms with Crippen LogP contribution in [0.4, 0.5) is 4.79 Å². The minimum atomic E-state index is -0.392. The molecule has 1 fully saturated rings. The van der Waals surface area contributed by atoms with Gasteiger partial charge in [-0.1, -0.05) is 35.9 Å². The number of halogens is 1. The van der Waals surface area contributed by atoms with Crippen LogP contribution in [-0.4, -0.2) is 17.8 Å². The zero-order valence-corrected chi connectivity index (χ0v) is 15.5. The van der Waals surface area contributed by atoms with Crippen molar-refractivity contribution in [1.29, 1.82) is 0 Å². The fourth-order valence-corrected chi connectivity index (χ4v) is 3.22. The molecule has 5 nitrogen and oxygen atoms in total. The number of thioether (sulfide) groups is 1. The molecule has 1 heterocycles. The molecule has 2 aromatic rings. The summed E-state index contributed by atoms with van der Waals surface area (Å²) < 4.78 is 11.5. The third-order valence-electron chi connectivity index (χ3n) is 3.55. The van der Waals surface area contributed by atoms with Gasteiger partial charge in [0.2, 0.25) is 0 Å². The molecular weight excluding hydrogens is 374 g/mol. The number of imide groups is 1. The summed E-state index contributed by atoms with van der Waals surface area (Å²) in [4.78, 5) is 23.3. The van der Waals surface area contributed by atoms with Gasteiger partial charge in [0.15, 0.2) is 11.5 Å². The monoisotopic (exact) mass is 389 g/mol. The van der Waals surface area contributed by atoms with Crippen LogP contribution >= 0.6 is 23.4 Å². The Balaban J connectivity index is 1.80. The van der Waals surface area contributed by atoms with Gasteiger partial charge < -0.3 is 9.47 Å². The lowest BCUT2D eigenvalue weighted by atomic mass is 10.2. The van der Waals surface area contributed by atoms with Crippen molar-refractivity contribution >= 4 is 40.6 Å². The molecule has 1 saturated heterocycles. The number of carbonyl (C=O) groups excluding carboxylic acids is 2. The second-order valence-electron chi connectivity index (χ2n) is 5.37. The Hall–Kier alpha value is -2.44. The molecule has 0 aromatic heterocycles. The number of ether oxygens (including phenoxy) is 2. The van der Waals surface area contributed by atoms with Crippen LogP contribution in [0.15, 0.2) is 47.4 Å². The molecule has 0 spiro atoms. The minimum Gasteiger partial charge on any atom is -0.490 e. The van der Waals surface area contributed by atoms with Crippen LogP contribution in [0.25, 0.3) is 6.08 Å². The summed E-state index contributed by atoms with van der Waals surface area (Å²) in [6.07, 6.45) is 1.64. The molecule has 2 aromatic carbocycles. The van der Waals surface area contributed by atoms with Gasteiger partial charge >= 0.3 is 0 Å². The van der Waals surface area contributed by atoms with E-state index in [2.05, 4.69) is 5.32 Å². The first-order valence-electron chi connectivity index (χ1n) is 7.94. The molecule has 7 heteroatoms. The zero-order valence-electron chi connectivity index (χ0n) is 14.0. The standard InChI is InChI=1S/C19H16ClNO4S/c1-2-24-16-9-12(10-17-18(22)21-19(23)26-17)7-8-15(16)25-11-13-5-3-4-6-14(13)20/h3-10H,2,11H2,1H3,(H,21,22,23). The first-order valence-corrected chi connectivity index (χ1v) is 9.14. The van der Waals surface area contributed by atoms with Crippen LogP contribution < -0.4 is 14.8 Å². The quantitative estimate of drug-likeness (QED) is 0.729. The molecule has 3 rings (SSSR count). The molecular formula is C19H16ClNO4S. The number of amides is 2. The summed E-state index contributed by atoms with van der Waals surface area (Å²) in [5.41, 5.74) is 1.62. The highest BCUT2D eigenvalue weighted by molar-refractivity contribution is 8.18. The van der Waals surface area contributed by atoms with E-state index in [0.717, 1.165) is 22.9 Å². The minimum absolute atomic E-state index is 0.312. The highest BCUT2D eigenvalue weighted by Gasteiger charge is 2.25. The maximum atomic E-state index is 11.7. The topological polar surface area (TPSA) is 64.6 Å². The number of hydrogen-bond acceptors (Lipinski definition) is 5. The number of carbonyl (C=O) groups is 2. The number of rotatable bonds is 6. The lowest BCUT2D eigenvalue weighted by Gasteiger charge is -2.13. The predicted octanol–water partition coefficient (Wildman–Crippen LogP) is 4.64. The first kappa shape index (κ1) is 18.4. The molecule has 0 bridgehead atoms. The lowest BCUT2D eigenvalue weighted by molar-refractivity contribution is -0.115. The fourth-order valence-electron chi connectivity index (χ4n) is 2.35. The molecule has 1 N–H and O–H groups in total. The third-order valence-corrected chi connectivity index (χ3v) is 4.73. The van der Waals surface area contributed by atoms with Crippen molar-refractivity contribution in [3.05, 3.63) is 63.5 Å². The Morgan fingerprint density at radius 3 is 2.62 bits per heavy atom. The van der Waals surface area contributed by atoms with Crippen molar-refractivity contribution in [3.63, 3.8) is 0 Å². The van der Waals surface area contributed by atoms with Crippen molar-refractivity contribution in [2.24, 2.45) is 0 Å². The van der Waals surface area contributed by atoms with Crippen molar-refractivity contribution in [2.75, 3.05) is 6.61 Å². The largest absolute Gasteiger partial charge is 0.490 e. The predicted molar refractivity (Wildman–Crippen MR) is 103 cm³/mol. The number of hydrogen-bond donors (Lipinski definition) is 1. The van der Waals surface area contributed by atoms with Crippen molar-refractivity contribution in [2.45, 2.75) is 13.5 Å². The molecule has 2 amide bonds. The van der Waals surface area contributed by atoms with Gasteiger partial charge in [0.05, 0.1) is 11.5 Å². The van der Waals surface area contributed by atoms with Gasteiger partial charge in [0.25, 0.3) is 11.1 Å². The summed E-state index contributed by atoms with van der Waals surface area (Å²) in [7, 11) is 0. The van der Waals surface area contributed by atoms with Gasteiger partial charge in [-0.05, 0) is 48.5 Å². The Labute approximate surface area is 160 Å². The van der Waals surface area contributed by atoms with Gasteiger partial charge in [-0.15, -0.1) is 0 Å². The highest BCUT2D eigenvalue weighted by Crippen LogP contribution is 2.32. The molecule has 1 aliphatic heterocycles. The SMILES string of the molecule is CCOc1cc(C=C2SC(=O)NC2=O)ccc1OCc1ccccc1Cl. The van der Waals surface area contributed by atoms with E-state index in [1.54, 1.807) is 24.3 Å². The highest BCUT2D eigenvalue weighted by atomic mass is 35.5. The van der Waals surface area contributed by atoms with E-state index in [1.165, 1.54) is 0 Å². The van der Waals surface area contributed by atoms with Gasteiger partial charge in [0, 0.05) is 10.6 Å². The van der Waals surface area contributed by atoms with E-state index in [0.29, 0.717) is 34.6 Å². The molecule has 26 heavy (non-hydrogen) atoms. The molecule has 134 valence electrons. The van der Waals surface area contributed by atoms with E-state index in [4.69, 9.17) is 21.1 Å². The maximum Gasteiger partial charge on any atom is 0.290 e. The van der Waals surface area contributed by atoms with Crippen LogP contribution in [0, 0.1) is 0 Å². The zero-order chi connectivity index (χ0) is 18.5. The molecule has 0 saturated carbocycles. The smallest absolute Gasteiger partial charge is 0.290 e. The molecule has 0 atom stereocenters. The van der Waals surface area contributed by atoms with Gasteiger partial charge in [-0.3, -0.25) is 14.9 Å². The van der Waals surface area contributed by atoms with Crippen LogP contribution in [0.5, 0.6) is 11.5 Å². The Bertz CT molecular complexity index is 882. The average molecular weight is 390 g/mol. The fraction of sp³-hybridized carbons (Fsp3) is 0.158. The van der Waals surface area contributed by atoms with E-state index in [1.807, 2.05) is 31.2 Å². The van der Waals surface area contributed by atoms with Crippen LogP contribution in [0.1, 0.15) is 18.1 Å². The number of benzene rings is 2. The Morgan fingerprint density at radius 2 is 1.92 bits per heavy atom. The normalized spacial score (nSPS) is 15.2. The van der Waals surface area contributed by atoms with Crippen molar-refractivity contribution < 1.29 is 19.1 Å².